The number of halogens is 2. The van der Waals surface area contributed by atoms with Crippen molar-refractivity contribution < 1.29 is 9.53 Å². The van der Waals surface area contributed by atoms with Crippen LogP contribution in [-0.4, -0.2) is 61.8 Å². The van der Waals surface area contributed by atoms with Crippen LogP contribution in [0.4, 0.5) is 0 Å². The van der Waals surface area contributed by atoms with Gasteiger partial charge in [-0.3, -0.25) is 4.79 Å². The molecule has 7 heteroatoms. The molecule has 5 nitrogen and oxygen atoms in total. The van der Waals surface area contributed by atoms with Gasteiger partial charge in [-0.25, -0.2) is 0 Å². The van der Waals surface area contributed by atoms with Crippen LogP contribution < -0.4 is 10.6 Å². The van der Waals surface area contributed by atoms with Gasteiger partial charge in [-0.2, -0.15) is 0 Å². The van der Waals surface area contributed by atoms with Gasteiger partial charge >= 0.3 is 0 Å². The summed E-state index contributed by atoms with van der Waals surface area (Å²) in [7, 11) is 0. The van der Waals surface area contributed by atoms with Gasteiger partial charge < -0.3 is 20.3 Å². The summed E-state index contributed by atoms with van der Waals surface area (Å²) in [6.45, 7) is 7.96. The number of piperidine rings is 2. The third kappa shape index (κ3) is 5.73. The second-order valence-corrected chi connectivity index (χ2v) is 7.34. The molecule has 1 atom stereocenters. The molecule has 0 aromatic carbocycles. The second-order valence-electron chi connectivity index (χ2n) is 7.34. The molecule has 3 heterocycles. The van der Waals surface area contributed by atoms with Crippen molar-refractivity contribution >= 4 is 30.7 Å². The first-order chi connectivity index (χ1) is 10.7. The Hall–Kier alpha value is -0.0700. The van der Waals surface area contributed by atoms with Crippen LogP contribution in [0.15, 0.2) is 0 Å². The third-order valence-corrected chi connectivity index (χ3v) is 5.79. The summed E-state index contributed by atoms with van der Waals surface area (Å²) >= 11 is 0. The molecule has 3 aliphatic heterocycles. The minimum Gasteiger partial charge on any atom is -0.375 e. The predicted molar refractivity (Wildman–Crippen MR) is 101 cm³/mol. The number of amides is 1. The molecule has 1 unspecified atom stereocenters. The van der Waals surface area contributed by atoms with Crippen LogP contribution in [-0.2, 0) is 9.53 Å². The molecule has 3 aliphatic rings. The van der Waals surface area contributed by atoms with Gasteiger partial charge in [0.15, 0.2) is 0 Å². The zero-order chi connectivity index (χ0) is 15.4. The van der Waals surface area contributed by atoms with E-state index in [4.69, 9.17) is 4.74 Å². The molecule has 142 valence electrons. The molecular weight excluding hydrogens is 349 g/mol. The van der Waals surface area contributed by atoms with Crippen LogP contribution in [0.25, 0.3) is 0 Å². The Morgan fingerprint density at radius 3 is 2.50 bits per heavy atom. The second kappa shape index (κ2) is 10.2. The van der Waals surface area contributed by atoms with Crippen LogP contribution >= 0.6 is 24.8 Å². The van der Waals surface area contributed by atoms with E-state index in [1.807, 2.05) is 0 Å². The molecule has 3 fully saturated rings. The summed E-state index contributed by atoms with van der Waals surface area (Å²) in [6.07, 6.45) is 7.17. The van der Waals surface area contributed by atoms with E-state index in [9.17, 15) is 4.79 Å². The van der Waals surface area contributed by atoms with Crippen molar-refractivity contribution in [1.29, 1.82) is 0 Å². The molecule has 0 aromatic rings. The van der Waals surface area contributed by atoms with E-state index in [2.05, 4.69) is 15.5 Å². The maximum atomic E-state index is 11.0. The van der Waals surface area contributed by atoms with Gasteiger partial charge in [0.1, 0.15) is 0 Å². The van der Waals surface area contributed by atoms with Crippen molar-refractivity contribution in [3.8, 4) is 0 Å². The molecule has 0 saturated carbocycles. The van der Waals surface area contributed by atoms with Crippen LogP contribution in [0.1, 0.15) is 45.4 Å². The Labute approximate surface area is 158 Å². The quantitative estimate of drug-likeness (QED) is 0.784. The fourth-order valence-electron chi connectivity index (χ4n) is 4.35. The molecule has 2 N–H and O–H groups in total. The van der Waals surface area contributed by atoms with E-state index in [0.29, 0.717) is 12.0 Å². The zero-order valence-corrected chi connectivity index (χ0v) is 16.4. The number of nitrogens with one attached hydrogen (secondary N) is 2. The van der Waals surface area contributed by atoms with Gasteiger partial charge in [-0.1, -0.05) is 0 Å². The highest BCUT2D eigenvalue weighted by molar-refractivity contribution is 5.85. The fraction of sp³-hybridized carbons (Fsp3) is 0.941. The van der Waals surface area contributed by atoms with E-state index in [1.165, 1.54) is 51.6 Å². The normalized spacial score (nSPS) is 27.8. The molecule has 3 rings (SSSR count). The number of carbonyl (C=O) groups excluding carboxylic acids is 1. The number of hydrogen-bond acceptors (Lipinski definition) is 4. The van der Waals surface area contributed by atoms with E-state index in [-0.39, 0.29) is 36.3 Å². The summed E-state index contributed by atoms with van der Waals surface area (Å²) in [5.41, 5.74) is 0.154. The lowest BCUT2D eigenvalue weighted by Crippen LogP contribution is -2.54. The summed E-state index contributed by atoms with van der Waals surface area (Å²) < 4.78 is 6.20. The zero-order valence-electron chi connectivity index (χ0n) is 14.7. The fourth-order valence-corrected chi connectivity index (χ4v) is 4.35. The lowest BCUT2D eigenvalue weighted by molar-refractivity contribution is -0.123. The highest BCUT2D eigenvalue weighted by atomic mass is 35.5. The number of ether oxygens (including phenoxy) is 1. The lowest BCUT2D eigenvalue weighted by atomic mass is 9.81. The van der Waals surface area contributed by atoms with Crippen LogP contribution in [0.3, 0.4) is 0 Å². The summed E-state index contributed by atoms with van der Waals surface area (Å²) in [5.74, 6) is 0.757. The first-order valence-corrected chi connectivity index (χ1v) is 9.00. The Kier molecular flexibility index (Phi) is 9.31. The van der Waals surface area contributed by atoms with Gasteiger partial charge in [0.05, 0.1) is 5.60 Å². The van der Waals surface area contributed by atoms with E-state index < -0.39 is 0 Å². The molecule has 0 aromatic heterocycles. The monoisotopic (exact) mass is 381 g/mol. The standard InChI is InChI=1S/C17H31N3O2.2ClH/c1-14(21)19-13-15-2-9-20(10-3-15)16-4-11-22-17(12-16)5-7-18-8-6-17;;/h15-16,18H,2-13H2,1H3,(H,19,21);2*1H. The highest BCUT2D eigenvalue weighted by Gasteiger charge is 2.40. The number of hydrogen-bond donors (Lipinski definition) is 2. The van der Waals surface area contributed by atoms with Gasteiger partial charge in [0, 0.05) is 26.1 Å². The third-order valence-electron chi connectivity index (χ3n) is 5.79. The Bertz CT molecular complexity index is 379. The molecule has 0 radical (unpaired) electrons. The summed E-state index contributed by atoms with van der Waals surface area (Å²) in [4.78, 5) is 13.7. The average molecular weight is 382 g/mol. The predicted octanol–water partition coefficient (Wildman–Crippen LogP) is 1.98. The molecule has 0 bridgehead atoms. The molecule has 3 saturated heterocycles. The Balaban J connectivity index is 0.00000144. The van der Waals surface area contributed by atoms with Crippen molar-refractivity contribution in [3.63, 3.8) is 0 Å². The minimum absolute atomic E-state index is 0. The SMILES string of the molecule is CC(=O)NCC1CCN(C2CCOC3(CCNCC3)C2)CC1.Cl.Cl. The highest BCUT2D eigenvalue weighted by Crippen LogP contribution is 2.36. The largest absolute Gasteiger partial charge is 0.375 e. The first kappa shape index (κ1) is 22.0. The van der Waals surface area contributed by atoms with Crippen LogP contribution in [0, 0.1) is 5.92 Å². The summed E-state index contributed by atoms with van der Waals surface area (Å²) in [6, 6.07) is 0.702. The topological polar surface area (TPSA) is 53.6 Å². The van der Waals surface area contributed by atoms with Crippen molar-refractivity contribution in [2.24, 2.45) is 5.92 Å². The van der Waals surface area contributed by atoms with E-state index >= 15 is 0 Å². The minimum atomic E-state index is 0. The van der Waals surface area contributed by atoms with E-state index in [1.54, 1.807) is 6.92 Å². The van der Waals surface area contributed by atoms with E-state index in [0.717, 1.165) is 26.2 Å². The van der Waals surface area contributed by atoms with Gasteiger partial charge in [0.2, 0.25) is 5.91 Å². The van der Waals surface area contributed by atoms with Crippen LogP contribution in [0.5, 0.6) is 0 Å². The maximum absolute atomic E-state index is 11.0. The van der Waals surface area contributed by atoms with Crippen molar-refractivity contribution in [1.82, 2.24) is 15.5 Å². The Morgan fingerprint density at radius 1 is 1.21 bits per heavy atom. The molecule has 0 aliphatic carbocycles. The average Bonchev–Trinajstić information content (AvgIpc) is 2.54. The molecular formula is C17H33Cl2N3O2. The molecule has 1 spiro atoms. The smallest absolute Gasteiger partial charge is 0.216 e. The number of likely N-dealkylation sites (tertiary alicyclic amines) is 1. The number of carbonyl (C=O) groups is 1. The molecule has 24 heavy (non-hydrogen) atoms. The molecule has 1 amide bonds. The van der Waals surface area contributed by atoms with Crippen molar-refractivity contribution in [2.75, 3.05) is 39.3 Å². The van der Waals surface area contributed by atoms with Crippen molar-refractivity contribution in [3.05, 3.63) is 0 Å². The Morgan fingerprint density at radius 2 is 1.88 bits per heavy atom. The number of rotatable bonds is 3. The van der Waals surface area contributed by atoms with Gasteiger partial charge in [-0.15, -0.1) is 24.8 Å². The van der Waals surface area contributed by atoms with Crippen LogP contribution in [0.2, 0.25) is 0 Å². The van der Waals surface area contributed by atoms with Gasteiger partial charge in [-0.05, 0) is 70.6 Å². The summed E-state index contributed by atoms with van der Waals surface area (Å²) in [5, 5.41) is 6.42. The lowest BCUT2D eigenvalue weighted by Gasteiger charge is -2.48. The van der Waals surface area contributed by atoms with Gasteiger partial charge in [0.25, 0.3) is 0 Å². The first-order valence-electron chi connectivity index (χ1n) is 9.00. The maximum Gasteiger partial charge on any atom is 0.216 e. The van der Waals surface area contributed by atoms with Crippen molar-refractivity contribution in [2.45, 2.75) is 57.1 Å². The number of nitrogens with zero attached hydrogens (tertiary/aromatic N) is 1.